The molecule has 0 aliphatic heterocycles. The second-order valence-corrected chi connectivity index (χ2v) is 5.09. The molecule has 1 unspecified atom stereocenters. The fraction of sp³-hybridized carbons (Fsp3) is 0.571. The number of benzene rings is 1. The Hall–Kier alpha value is -0.780. The summed E-state index contributed by atoms with van der Waals surface area (Å²) in [7, 11) is 0. The molecule has 0 aliphatic rings. The lowest BCUT2D eigenvalue weighted by Crippen LogP contribution is -2.36. The molecule has 2 nitrogen and oxygen atoms in total. The first-order valence-electron chi connectivity index (χ1n) is 6.44. The Bertz CT molecular complexity index is 423. The van der Waals surface area contributed by atoms with Crippen LogP contribution in [-0.4, -0.2) is 32.0 Å². The van der Waals surface area contributed by atoms with Crippen molar-refractivity contribution in [2.75, 3.05) is 19.8 Å². The van der Waals surface area contributed by atoms with Crippen molar-refractivity contribution < 1.29 is 17.9 Å². The average Bonchev–Trinajstić information content (AvgIpc) is 2.31. The fourth-order valence-corrected chi connectivity index (χ4v) is 2.19. The summed E-state index contributed by atoms with van der Waals surface area (Å²) >= 11 is 6.13. The summed E-state index contributed by atoms with van der Waals surface area (Å²) in [5.41, 5.74) is 1.95. The van der Waals surface area contributed by atoms with Gasteiger partial charge in [0, 0.05) is 11.1 Å². The summed E-state index contributed by atoms with van der Waals surface area (Å²) in [6, 6.07) is 5.48. The molecule has 1 rings (SSSR count). The highest BCUT2D eigenvalue weighted by atomic mass is 35.5. The first kappa shape index (κ1) is 17.3. The Morgan fingerprint density at radius 2 is 2.05 bits per heavy atom. The quantitative estimate of drug-likeness (QED) is 0.828. The van der Waals surface area contributed by atoms with Gasteiger partial charge < -0.3 is 10.1 Å². The third-order valence-corrected chi connectivity index (χ3v) is 3.10. The van der Waals surface area contributed by atoms with Gasteiger partial charge in [0.2, 0.25) is 0 Å². The van der Waals surface area contributed by atoms with Gasteiger partial charge in [0.05, 0.1) is 6.61 Å². The molecule has 0 spiro atoms. The van der Waals surface area contributed by atoms with Crippen molar-refractivity contribution >= 4 is 11.6 Å². The highest BCUT2D eigenvalue weighted by Crippen LogP contribution is 2.20. The molecular formula is C14H19ClF3NO. The zero-order chi connectivity index (χ0) is 15.2. The SMILES string of the molecule is CCNC(COCC(F)(F)F)Cc1ccc(C)cc1Cl. The molecule has 0 fully saturated rings. The minimum absolute atomic E-state index is 0.00243. The standard InChI is InChI=1S/C14H19ClF3NO/c1-3-19-12(8-20-9-14(16,17)18)7-11-5-4-10(2)6-13(11)15/h4-6,12,19H,3,7-9H2,1-2H3. The number of hydrogen-bond donors (Lipinski definition) is 1. The minimum Gasteiger partial charge on any atom is -0.370 e. The molecule has 0 saturated heterocycles. The molecule has 20 heavy (non-hydrogen) atoms. The lowest BCUT2D eigenvalue weighted by Gasteiger charge is -2.19. The van der Waals surface area contributed by atoms with E-state index in [-0.39, 0.29) is 12.6 Å². The van der Waals surface area contributed by atoms with Crippen LogP contribution in [0.4, 0.5) is 13.2 Å². The van der Waals surface area contributed by atoms with Gasteiger partial charge in [-0.1, -0.05) is 30.7 Å². The van der Waals surface area contributed by atoms with Crippen molar-refractivity contribution in [3.8, 4) is 0 Å². The highest BCUT2D eigenvalue weighted by molar-refractivity contribution is 6.31. The Balaban J connectivity index is 2.57. The monoisotopic (exact) mass is 309 g/mol. The van der Waals surface area contributed by atoms with Crippen LogP contribution in [0.2, 0.25) is 5.02 Å². The number of nitrogens with one attached hydrogen (secondary N) is 1. The average molecular weight is 310 g/mol. The van der Waals surface area contributed by atoms with Crippen molar-refractivity contribution in [3.05, 3.63) is 34.3 Å². The Morgan fingerprint density at radius 1 is 1.35 bits per heavy atom. The molecule has 114 valence electrons. The first-order chi connectivity index (χ1) is 9.31. The zero-order valence-corrected chi connectivity index (χ0v) is 12.3. The number of halogens is 4. The topological polar surface area (TPSA) is 21.3 Å². The number of rotatable bonds is 7. The number of ether oxygens (including phenoxy) is 1. The normalized spacial score (nSPS) is 13.5. The van der Waals surface area contributed by atoms with Crippen LogP contribution in [0, 0.1) is 6.92 Å². The van der Waals surface area contributed by atoms with Crippen molar-refractivity contribution in [2.45, 2.75) is 32.5 Å². The minimum atomic E-state index is -4.29. The van der Waals surface area contributed by atoms with E-state index in [1.165, 1.54) is 0 Å². The summed E-state index contributed by atoms with van der Waals surface area (Å²) in [6.07, 6.45) is -3.76. The van der Waals surface area contributed by atoms with E-state index in [1.807, 2.05) is 32.0 Å². The first-order valence-corrected chi connectivity index (χ1v) is 6.82. The molecule has 6 heteroatoms. The van der Waals surface area contributed by atoms with E-state index in [4.69, 9.17) is 16.3 Å². The summed E-state index contributed by atoms with van der Waals surface area (Å²) in [5, 5.41) is 3.74. The van der Waals surface area contributed by atoms with Gasteiger partial charge in [-0.15, -0.1) is 0 Å². The molecule has 1 aromatic rings. The van der Waals surface area contributed by atoms with E-state index in [9.17, 15) is 13.2 Å². The van der Waals surface area contributed by atoms with Gasteiger partial charge in [-0.2, -0.15) is 13.2 Å². The molecule has 0 aromatic heterocycles. The summed E-state index contributed by atoms with van der Waals surface area (Å²) in [4.78, 5) is 0. The van der Waals surface area contributed by atoms with Crippen LogP contribution >= 0.6 is 11.6 Å². The number of alkyl halides is 3. The lowest BCUT2D eigenvalue weighted by molar-refractivity contribution is -0.175. The lowest BCUT2D eigenvalue weighted by atomic mass is 10.0. The molecule has 0 saturated carbocycles. The molecule has 0 bridgehead atoms. The van der Waals surface area contributed by atoms with E-state index >= 15 is 0 Å². The van der Waals surface area contributed by atoms with Crippen LogP contribution in [0.15, 0.2) is 18.2 Å². The number of aryl methyl sites for hydroxylation is 1. The fourth-order valence-electron chi connectivity index (χ4n) is 1.88. The molecule has 0 amide bonds. The number of likely N-dealkylation sites (N-methyl/N-ethyl adjacent to an activating group) is 1. The van der Waals surface area contributed by atoms with Crippen LogP contribution in [0.5, 0.6) is 0 Å². The van der Waals surface area contributed by atoms with Crippen LogP contribution in [-0.2, 0) is 11.2 Å². The van der Waals surface area contributed by atoms with Crippen LogP contribution in [0.3, 0.4) is 0 Å². The predicted octanol–water partition coefficient (Wildman–Crippen LogP) is 3.75. The summed E-state index contributed by atoms with van der Waals surface area (Å²) in [6.45, 7) is 3.26. The van der Waals surface area contributed by atoms with Gasteiger partial charge in [0.15, 0.2) is 0 Å². The van der Waals surface area contributed by atoms with Gasteiger partial charge in [0.25, 0.3) is 0 Å². The van der Waals surface area contributed by atoms with E-state index in [2.05, 4.69) is 5.32 Å². The maximum absolute atomic E-state index is 12.1. The Morgan fingerprint density at radius 3 is 2.60 bits per heavy atom. The smallest absolute Gasteiger partial charge is 0.370 e. The van der Waals surface area contributed by atoms with Gasteiger partial charge >= 0.3 is 6.18 Å². The maximum atomic E-state index is 12.1. The second kappa shape index (κ2) is 7.86. The highest BCUT2D eigenvalue weighted by Gasteiger charge is 2.27. The van der Waals surface area contributed by atoms with Crippen LogP contribution in [0.25, 0.3) is 0 Å². The summed E-state index contributed by atoms with van der Waals surface area (Å²) < 4.78 is 40.9. The van der Waals surface area contributed by atoms with Crippen LogP contribution in [0.1, 0.15) is 18.1 Å². The van der Waals surface area contributed by atoms with Gasteiger partial charge in [0.1, 0.15) is 6.61 Å². The molecule has 1 N–H and O–H groups in total. The maximum Gasteiger partial charge on any atom is 0.411 e. The van der Waals surface area contributed by atoms with Crippen molar-refractivity contribution in [1.29, 1.82) is 0 Å². The van der Waals surface area contributed by atoms with Crippen molar-refractivity contribution in [3.63, 3.8) is 0 Å². The van der Waals surface area contributed by atoms with Crippen molar-refractivity contribution in [2.24, 2.45) is 0 Å². The van der Waals surface area contributed by atoms with Gasteiger partial charge in [-0.05, 0) is 37.1 Å². The molecule has 1 aromatic carbocycles. The van der Waals surface area contributed by atoms with Gasteiger partial charge in [-0.25, -0.2) is 0 Å². The number of hydrogen-bond acceptors (Lipinski definition) is 2. The predicted molar refractivity (Wildman–Crippen MR) is 74.2 cm³/mol. The molecule has 0 aliphatic carbocycles. The molecule has 1 atom stereocenters. The summed E-state index contributed by atoms with van der Waals surface area (Å²) in [5.74, 6) is 0. The molecule has 0 radical (unpaired) electrons. The third kappa shape index (κ3) is 6.59. The van der Waals surface area contributed by atoms with E-state index < -0.39 is 12.8 Å². The Labute approximate surface area is 122 Å². The van der Waals surface area contributed by atoms with E-state index in [1.54, 1.807) is 0 Å². The van der Waals surface area contributed by atoms with Crippen LogP contribution < -0.4 is 5.32 Å². The Kier molecular flexibility index (Phi) is 6.79. The second-order valence-electron chi connectivity index (χ2n) is 4.68. The molecule has 0 heterocycles. The zero-order valence-electron chi connectivity index (χ0n) is 11.6. The molecular weight excluding hydrogens is 291 g/mol. The third-order valence-electron chi connectivity index (χ3n) is 2.75. The largest absolute Gasteiger partial charge is 0.411 e. The van der Waals surface area contributed by atoms with E-state index in [0.717, 1.165) is 11.1 Å². The van der Waals surface area contributed by atoms with E-state index in [0.29, 0.717) is 18.0 Å². The van der Waals surface area contributed by atoms with Gasteiger partial charge in [-0.3, -0.25) is 0 Å². The van der Waals surface area contributed by atoms with Crippen molar-refractivity contribution in [1.82, 2.24) is 5.32 Å².